The molecule has 0 radical (unpaired) electrons. The van der Waals surface area contributed by atoms with Crippen LogP contribution >= 0.6 is 0 Å². The predicted molar refractivity (Wildman–Crippen MR) is 73.7 cm³/mol. The van der Waals surface area contributed by atoms with Crippen molar-refractivity contribution in [2.75, 3.05) is 5.32 Å². The number of hydrogen-bond acceptors (Lipinski definition) is 6. The van der Waals surface area contributed by atoms with Crippen molar-refractivity contribution in [2.45, 2.75) is 13.8 Å². The van der Waals surface area contributed by atoms with Crippen LogP contribution in [0.3, 0.4) is 0 Å². The molecule has 2 aromatic heterocycles. The number of hydrogen-bond donors (Lipinski definition) is 1. The molecule has 1 N–H and O–H groups in total. The molecule has 1 aromatic carbocycles. The van der Waals surface area contributed by atoms with E-state index in [1.165, 1.54) is 6.07 Å². The molecular weight excluding hydrogens is 272 g/mol. The third kappa shape index (κ3) is 2.81. The number of aryl methyl sites for hydroxylation is 2. The molecule has 0 spiro atoms. The molecule has 0 unspecified atom stereocenters. The summed E-state index contributed by atoms with van der Waals surface area (Å²) in [4.78, 5) is 11.9. The Morgan fingerprint density at radius 1 is 1.19 bits per heavy atom. The molecule has 3 rings (SSSR count). The molecule has 7 nitrogen and oxygen atoms in total. The van der Waals surface area contributed by atoms with E-state index in [0.717, 1.165) is 11.1 Å². The van der Waals surface area contributed by atoms with Gasteiger partial charge in [0.15, 0.2) is 5.69 Å². The third-order valence-electron chi connectivity index (χ3n) is 2.77. The highest BCUT2D eigenvalue weighted by atomic mass is 16.5. The average Bonchev–Trinajstić information content (AvgIpc) is 3.08. The van der Waals surface area contributed by atoms with Gasteiger partial charge >= 0.3 is 6.01 Å². The average molecular weight is 284 g/mol. The number of nitrogens with zero attached hydrogens (tertiary/aromatic N) is 3. The largest absolute Gasteiger partial charge is 0.403 e. The quantitative estimate of drug-likeness (QED) is 0.794. The molecule has 0 aliphatic rings. The fraction of sp³-hybridized carbons (Fsp3) is 0.143. The fourth-order valence-corrected chi connectivity index (χ4v) is 1.80. The minimum atomic E-state index is -0.466. The van der Waals surface area contributed by atoms with Gasteiger partial charge in [0.05, 0.1) is 0 Å². The predicted octanol–water partition coefficient (Wildman–Crippen LogP) is 2.59. The van der Waals surface area contributed by atoms with E-state index in [2.05, 4.69) is 20.7 Å². The smallest absolute Gasteiger partial charge is 0.322 e. The Balaban J connectivity index is 1.78. The maximum Gasteiger partial charge on any atom is 0.322 e. The van der Waals surface area contributed by atoms with Gasteiger partial charge in [-0.2, -0.15) is 0 Å². The van der Waals surface area contributed by atoms with Crippen LogP contribution in [0.25, 0.3) is 11.5 Å². The Labute approximate surface area is 120 Å². The van der Waals surface area contributed by atoms with Gasteiger partial charge in [0.25, 0.3) is 5.91 Å². The van der Waals surface area contributed by atoms with Crippen molar-refractivity contribution in [2.24, 2.45) is 0 Å². The second kappa shape index (κ2) is 5.20. The summed E-state index contributed by atoms with van der Waals surface area (Å²) in [6, 6.07) is 9.17. The number of anilines is 1. The van der Waals surface area contributed by atoms with Crippen molar-refractivity contribution in [3.63, 3.8) is 0 Å². The van der Waals surface area contributed by atoms with Crippen LogP contribution in [0.4, 0.5) is 6.01 Å². The van der Waals surface area contributed by atoms with Crippen LogP contribution in [0.15, 0.2) is 39.3 Å². The Hall–Kier alpha value is -2.96. The van der Waals surface area contributed by atoms with Gasteiger partial charge in [-0.05, 0) is 26.0 Å². The van der Waals surface area contributed by atoms with E-state index in [9.17, 15) is 4.79 Å². The zero-order valence-corrected chi connectivity index (χ0v) is 11.5. The molecule has 1 amide bonds. The molecule has 21 heavy (non-hydrogen) atoms. The molecule has 2 heterocycles. The monoisotopic (exact) mass is 284 g/mol. The van der Waals surface area contributed by atoms with Crippen molar-refractivity contribution in [1.82, 2.24) is 15.4 Å². The second-order valence-corrected chi connectivity index (χ2v) is 4.56. The first-order valence-corrected chi connectivity index (χ1v) is 6.27. The Kier molecular flexibility index (Phi) is 3.23. The van der Waals surface area contributed by atoms with Gasteiger partial charge in [0.2, 0.25) is 5.89 Å². The summed E-state index contributed by atoms with van der Waals surface area (Å²) in [6.07, 6.45) is 0. The molecule has 0 atom stereocenters. The van der Waals surface area contributed by atoms with Crippen LogP contribution in [0.5, 0.6) is 0 Å². The van der Waals surface area contributed by atoms with Gasteiger partial charge in [-0.3, -0.25) is 10.1 Å². The number of benzene rings is 1. The molecule has 0 aliphatic carbocycles. The van der Waals surface area contributed by atoms with Gasteiger partial charge in [-0.15, -0.1) is 5.10 Å². The summed E-state index contributed by atoms with van der Waals surface area (Å²) in [7, 11) is 0. The molecule has 0 saturated carbocycles. The van der Waals surface area contributed by atoms with E-state index < -0.39 is 5.91 Å². The van der Waals surface area contributed by atoms with Gasteiger partial charge < -0.3 is 8.94 Å². The zero-order valence-electron chi connectivity index (χ0n) is 11.5. The van der Waals surface area contributed by atoms with Crippen LogP contribution in [0.1, 0.15) is 21.8 Å². The SMILES string of the molecule is Cc1cccc(-c2nnc(NC(=O)c3cc(C)on3)o2)c1. The lowest BCUT2D eigenvalue weighted by molar-refractivity contribution is 0.101. The van der Waals surface area contributed by atoms with Crippen molar-refractivity contribution in [1.29, 1.82) is 0 Å². The number of nitrogens with one attached hydrogen (secondary N) is 1. The minimum absolute atomic E-state index is 0.0113. The molecule has 7 heteroatoms. The number of rotatable bonds is 3. The molecule has 0 saturated heterocycles. The first kappa shape index (κ1) is 13.0. The Morgan fingerprint density at radius 2 is 2.05 bits per heavy atom. The van der Waals surface area contributed by atoms with Gasteiger partial charge in [0, 0.05) is 11.6 Å². The van der Waals surface area contributed by atoms with Crippen molar-refractivity contribution in [3.8, 4) is 11.5 Å². The van der Waals surface area contributed by atoms with Gasteiger partial charge in [0.1, 0.15) is 5.76 Å². The zero-order chi connectivity index (χ0) is 14.8. The molecule has 0 bridgehead atoms. The lowest BCUT2D eigenvalue weighted by Crippen LogP contribution is -2.12. The molecule has 3 aromatic rings. The lowest BCUT2D eigenvalue weighted by atomic mass is 10.1. The summed E-state index contributed by atoms with van der Waals surface area (Å²) < 4.78 is 10.2. The second-order valence-electron chi connectivity index (χ2n) is 4.56. The first-order chi connectivity index (χ1) is 10.1. The van der Waals surface area contributed by atoms with Gasteiger partial charge in [-0.1, -0.05) is 28.0 Å². The molecular formula is C14H12N4O3. The van der Waals surface area contributed by atoms with E-state index in [-0.39, 0.29) is 11.7 Å². The number of carbonyl (C=O) groups excluding carboxylic acids is 1. The van der Waals surface area contributed by atoms with E-state index in [1.807, 2.05) is 31.2 Å². The van der Waals surface area contributed by atoms with Crippen molar-refractivity contribution >= 4 is 11.9 Å². The van der Waals surface area contributed by atoms with E-state index in [0.29, 0.717) is 11.7 Å². The van der Waals surface area contributed by atoms with Crippen molar-refractivity contribution < 1.29 is 13.7 Å². The Morgan fingerprint density at radius 3 is 2.76 bits per heavy atom. The first-order valence-electron chi connectivity index (χ1n) is 6.27. The Bertz CT molecular complexity index is 791. The highest BCUT2D eigenvalue weighted by Crippen LogP contribution is 2.20. The van der Waals surface area contributed by atoms with E-state index in [4.69, 9.17) is 8.94 Å². The molecule has 0 aliphatic heterocycles. The number of amides is 1. The maximum absolute atomic E-state index is 11.9. The minimum Gasteiger partial charge on any atom is -0.403 e. The van der Waals surface area contributed by atoms with Crippen LogP contribution < -0.4 is 5.32 Å². The summed E-state index contributed by atoms with van der Waals surface area (Å²) in [5.41, 5.74) is 2.03. The van der Waals surface area contributed by atoms with E-state index in [1.54, 1.807) is 6.92 Å². The summed E-state index contributed by atoms with van der Waals surface area (Å²) >= 11 is 0. The summed E-state index contributed by atoms with van der Waals surface area (Å²) in [5, 5.41) is 13.8. The van der Waals surface area contributed by atoms with Crippen LogP contribution in [-0.4, -0.2) is 21.3 Å². The topological polar surface area (TPSA) is 94.1 Å². The summed E-state index contributed by atoms with van der Waals surface area (Å²) in [5.74, 6) is 0.419. The maximum atomic E-state index is 11.9. The number of aromatic nitrogens is 3. The highest BCUT2D eigenvalue weighted by Gasteiger charge is 2.15. The molecule has 0 fully saturated rings. The van der Waals surface area contributed by atoms with Crippen LogP contribution in [0, 0.1) is 13.8 Å². The summed E-state index contributed by atoms with van der Waals surface area (Å²) in [6.45, 7) is 3.67. The van der Waals surface area contributed by atoms with Crippen molar-refractivity contribution in [3.05, 3.63) is 47.3 Å². The highest BCUT2D eigenvalue weighted by molar-refractivity contribution is 6.01. The standard InChI is InChI=1S/C14H12N4O3/c1-8-4-3-5-10(6-8)13-16-17-14(20-13)15-12(19)11-7-9(2)21-18-11/h3-7H,1-2H3,(H,15,17,19). The van der Waals surface area contributed by atoms with Gasteiger partial charge in [-0.25, -0.2) is 0 Å². The normalized spacial score (nSPS) is 10.6. The van der Waals surface area contributed by atoms with Crippen LogP contribution in [-0.2, 0) is 0 Å². The fourth-order valence-electron chi connectivity index (χ4n) is 1.80. The van der Waals surface area contributed by atoms with E-state index >= 15 is 0 Å². The van der Waals surface area contributed by atoms with Crippen LogP contribution in [0.2, 0.25) is 0 Å². The lowest BCUT2D eigenvalue weighted by Gasteiger charge is -1.97. The third-order valence-corrected chi connectivity index (χ3v) is 2.77. The molecule has 106 valence electrons. The number of carbonyl (C=O) groups is 1.